The molecule has 0 spiro atoms. The number of halogens is 1. The van der Waals surface area contributed by atoms with E-state index >= 15 is 0 Å². The van der Waals surface area contributed by atoms with Gasteiger partial charge in [-0.25, -0.2) is 0 Å². The highest BCUT2D eigenvalue weighted by Crippen LogP contribution is 2.23. The first-order valence-electron chi connectivity index (χ1n) is 6.74. The highest BCUT2D eigenvalue weighted by atomic mass is 35.5. The van der Waals surface area contributed by atoms with Gasteiger partial charge in [-0.1, -0.05) is 54.1 Å². The number of ether oxygens (including phenoxy) is 1. The first-order chi connectivity index (χ1) is 9.74. The molecule has 2 aromatic carbocycles. The van der Waals surface area contributed by atoms with Gasteiger partial charge in [0.25, 0.3) is 0 Å². The van der Waals surface area contributed by atoms with Gasteiger partial charge in [0.05, 0.1) is 6.10 Å². The Balaban J connectivity index is 2.18. The van der Waals surface area contributed by atoms with Crippen LogP contribution in [0.3, 0.4) is 0 Å². The quantitative estimate of drug-likeness (QED) is 0.872. The van der Waals surface area contributed by atoms with E-state index in [0.717, 1.165) is 11.4 Å². The fraction of sp³-hybridized carbons (Fsp3) is 0.294. The average Bonchev–Trinajstić information content (AvgIpc) is 2.48. The van der Waals surface area contributed by atoms with Crippen molar-refractivity contribution in [2.45, 2.75) is 18.6 Å². The van der Waals surface area contributed by atoms with Crippen LogP contribution in [0.15, 0.2) is 54.6 Å². The number of nitrogens with one attached hydrogen (secondary N) is 1. The summed E-state index contributed by atoms with van der Waals surface area (Å²) in [4.78, 5) is 0. The summed E-state index contributed by atoms with van der Waals surface area (Å²) in [6, 6.07) is 18.4. The molecule has 3 heteroatoms. The van der Waals surface area contributed by atoms with Crippen LogP contribution in [-0.2, 0) is 11.2 Å². The van der Waals surface area contributed by atoms with E-state index in [1.165, 1.54) is 11.1 Å². The lowest BCUT2D eigenvalue weighted by Gasteiger charge is -2.26. The maximum Gasteiger partial charge on any atom is 0.0977 e. The smallest absolute Gasteiger partial charge is 0.0977 e. The van der Waals surface area contributed by atoms with Crippen LogP contribution in [-0.4, -0.2) is 20.2 Å². The van der Waals surface area contributed by atoms with Gasteiger partial charge in [-0.15, -0.1) is 0 Å². The van der Waals surface area contributed by atoms with Gasteiger partial charge in [0.2, 0.25) is 0 Å². The molecule has 0 aromatic heterocycles. The van der Waals surface area contributed by atoms with Gasteiger partial charge in [0.1, 0.15) is 0 Å². The molecule has 2 unspecified atom stereocenters. The number of benzene rings is 2. The topological polar surface area (TPSA) is 21.3 Å². The van der Waals surface area contributed by atoms with E-state index in [1.807, 2.05) is 43.4 Å². The molecule has 2 nitrogen and oxygen atoms in total. The summed E-state index contributed by atoms with van der Waals surface area (Å²) in [5.41, 5.74) is 2.38. The van der Waals surface area contributed by atoms with E-state index in [9.17, 15) is 0 Å². The number of likely N-dealkylation sites (N-methyl/N-ethyl adjacent to an activating group) is 1. The van der Waals surface area contributed by atoms with Gasteiger partial charge in [-0.2, -0.15) is 0 Å². The molecule has 0 saturated heterocycles. The van der Waals surface area contributed by atoms with Crippen molar-refractivity contribution in [3.05, 3.63) is 70.7 Å². The predicted octanol–water partition coefficient (Wildman–Crippen LogP) is 3.86. The van der Waals surface area contributed by atoms with Crippen molar-refractivity contribution >= 4 is 11.6 Å². The summed E-state index contributed by atoms with van der Waals surface area (Å²) >= 11 is 6.05. The van der Waals surface area contributed by atoms with Crippen molar-refractivity contribution in [3.8, 4) is 0 Å². The van der Waals surface area contributed by atoms with Crippen LogP contribution in [0.4, 0.5) is 0 Å². The molecule has 2 atom stereocenters. The summed E-state index contributed by atoms with van der Waals surface area (Å²) in [5.74, 6) is 0. The summed E-state index contributed by atoms with van der Waals surface area (Å²) in [6.07, 6.45) is 0.880. The molecule has 0 fully saturated rings. The zero-order chi connectivity index (χ0) is 14.4. The number of hydrogen-bond donors (Lipinski definition) is 1. The molecule has 0 heterocycles. The Morgan fingerprint density at radius 1 is 1.10 bits per heavy atom. The molecule has 0 aliphatic heterocycles. The largest absolute Gasteiger partial charge is 0.375 e. The first kappa shape index (κ1) is 15.0. The van der Waals surface area contributed by atoms with Crippen molar-refractivity contribution < 1.29 is 4.74 Å². The molecule has 106 valence electrons. The number of hydrogen-bond acceptors (Lipinski definition) is 2. The monoisotopic (exact) mass is 289 g/mol. The molecule has 0 amide bonds. The van der Waals surface area contributed by atoms with E-state index in [-0.39, 0.29) is 12.1 Å². The summed E-state index contributed by atoms with van der Waals surface area (Å²) < 4.78 is 5.70. The molecule has 0 radical (unpaired) electrons. The Morgan fingerprint density at radius 3 is 2.45 bits per heavy atom. The van der Waals surface area contributed by atoms with Crippen LogP contribution in [0.5, 0.6) is 0 Å². The van der Waals surface area contributed by atoms with E-state index < -0.39 is 0 Å². The summed E-state index contributed by atoms with van der Waals surface area (Å²) in [6.45, 7) is 0. The average molecular weight is 290 g/mol. The fourth-order valence-corrected chi connectivity index (χ4v) is 2.67. The third kappa shape index (κ3) is 3.83. The van der Waals surface area contributed by atoms with E-state index in [4.69, 9.17) is 16.3 Å². The Morgan fingerprint density at radius 2 is 1.85 bits per heavy atom. The van der Waals surface area contributed by atoms with Crippen molar-refractivity contribution in [1.82, 2.24) is 5.32 Å². The van der Waals surface area contributed by atoms with Crippen LogP contribution in [0, 0.1) is 0 Å². The van der Waals surface area contributed by atoms with Gasteiger partial charge in [-0.3, -0.25) is 0 Å². The highest BCUT2D eigenvalue weighted by molar-refractivity contribution is 6.30. The third-order valence-electron chi connectivity index (χ3n) is 3.46. The minimum Gasteiger partial charge on any atom is -0.375 e. The second kappa shape index (κ2) is 7.44. The van der Waals surface area contributed by atoms with Gasteiger partial charge >= 0.3 is 0 Å². The molecule has 0 bridgehead atoms. The van der Waals surface area contributed by atoms with Gasteiger partial charge in [-0.05, 0) is 36.7 Å². The summed E-state index contributed by atoms with van der Waals surface area (Å²) in [7, 11) is 3.71. The van der Waals surface area contributed by atoms with Crippen molar-refractivity contribution in [2.75, 3.05) is 14.2 Å². The molecule has 20 heavy (non-hydrogen) atoms. The zero-order valence-corrected chi connectivity index (χ0v) is 12.6. The maximum absolute atomic E-state index is 6.05. The SMILES string of the molecule is CNC(Cc1cccc(Cl)c1)C(OC)c1ccccc1. The predicted molar refractivity (Wildman–Crippen MR) is 84.2 cm³/mol. The van der Waals surface area contributed by atoms with E-state index in [0.29, 0.717) is 0 Å². The van der Waals surface area contributed by atoms with Gasteiger partial charge in [0, 0.05) is 18.2 Å². The Kier molecular flexibility index (Phi) is 5.60. The van der Waals surface area contributed by atoms with E-state index in [1.54, 1.807) is 7.11 Å². The Hall–Kier alpha value is -1.35. The lowest BCUT2D eigenvalue weighted by atomic mass is 9.96. The van der Waals surface area contributed by atoms with Crippen LogP contribution in [0.1, 0.15) is 17.2 Å². The maximum atomic E-state index is 6.05. The summed E-state index contributed by atoms with van der Waals surface area (Å²) in [5, 5.41) is 4.12. The lowest BCUT2D eigenvalue weighted by Crippen LogP contribution is -2.35. The van der Waals surface area contributed by atoms with Crippen molar-refractivity contribution in [1.29, 1.82) is 0 Å². The van der Waals surface area contributed by atoms with Crippen LogP contribution >= 0.6 is 11.6 Å². The molecule has 1 N–H and O–H groups in total. The van der Waals surface area contributed by atoms with E-state index in [2.05, 4.69) is 23.5 Å². The molecule has 0 aliphatic rings. The van der Waals surface area contributed by atoms with Crippen molar-refractivity contribution in [2.24, 2.45) is 0 Å². The third-order valence-corrected chi connectivity index (χ3v) is 3.70. The number of rotatable bonds is 6. The molecular weight excluding hydrogens is 270 g/mol. The lowest BCUT2D eigenvalue weighted by molar-refractivity contribution is 0.0704. The molecular formula is C17H20ClNO. The fourth-order valence-electron chi connectivity index (χ4n) is 2.45. The second-order valence-electron chi connectivity index (χ2n) is 4.80. The minimum absolute atomic E-state index is 0.0141. The molecule has 0 saturated carbocycles. The Labute approximate surface area is 125 Å². The van der Waals surface area contributed by atoms with Crippen LogP contribution < -0.4 is 5.32 Å². The van der Waals surface area contributed by atoms with Crippen molar-refractivity contribution in [3.63, 3.8) is 0 Å². The van der Waals surface area contributed by atoms with Gasteiger partial charge in [0.15, 0.2) is 0 Å². The standard InChI is InChI=1S/C17H20ClNO/c1-19-16(12-13-7-6-10-15(18)11-13)17(20-2)14-8-4-3-5-9-14/h3-11,16-17,19H,12H2,1-2H3. The minimum atomic E-state index is 0.0141. The normalized spacial score (nSPS) is 13.9. The molecule has 2 rings (SSSR count). The number of methoxy groups -OCH3 is 1. The Bertz CT molecular complexity index is 530. The first-order valence-corrected chi connectivity index (χ1v) is 7.12. The molecule has 2 aromatic rings. The van der Waals surface area contributed by atoms with Crippen LogP contribution in [0.25, 0.3) is 0 Å². The van der Waals surface area contributed by atoms with Gasteiger partial charge < -0.3 is 10.1 Å². The molecule has 0 aliphatic carbocycles. The highest BCUT2D eigenvalue weighted by Gasteiger charge is 2.21. The second-order valence-corrected chi connectivity index (χ2v) is 5.23. The zero-order valence-electron chi connectivity index (χ0n) is 11.8. The van der Waals surface area contributed by atoms with Crippen LogP contribution in [0.2, 0.25) is 5.02 Å².